The lowest BCUT2D eigenvalue weighted by Crippen LogP contribution is -2.04. The second kappa shape index (κ2) is 5.47. The quantitative estimate of drug-likeness (QED) is 0.810. The molecule has 1 N–H and O–H groups in total. The van der Waals surface area contributed by atoms with E-state index < -0.39 is 11.1 Å². The van der Waals surface area contributed by atoms with Crippen LogP contribution in [0.2, 0.25) is 0 Å². The van der Waals surface area contributed by atoms with Crippen LogP contribution in [0, 0.1) is 11.8 Å². The van der Waals surface area contributed by atoms with Gasteiger partial charge in [0.1, 0.15) is 0 Å². The summed E-state index contributed by atoms with van der Waals surface area (Å²) in [5.74, 6) is 1.29. The van der Waals surface area contributed by atoms with Crippen molar-refractivity contribution in [1.29, 1.82) is 0 Å². The first-order valence-corrected chi connectivity index (χ1v) is 9.40. The maximum absolute atomic E-state index is 12.1. The molecule has 22 heavy (non-hydrogen) atoms. The molecule has 1 aromatic carbocycles. The van der Waals surface area contributed by atoms with Gasteiger partial charge >= 0.3 is 0 Å². The van der Waals surface area contributed by atoms with Crippen LogP contribution in [0.25, 0.3) is 12.2 Å². The fraction of sp³-hybridized carbons (Fsp3) is 0.474. The van der Waals surface area contributed by atoms with Crippen molar-refractivity contribution in [2.24, 2.45) is 11.8 Å². The first-order chi connectivity index (χ1) is 10.6. The van der Waals surface area contributed by atoms with Gasteiger partial charge in [-0.25, -0.2) is 4.21 Å². The normalized spacial score (nSPS) is 27.4. The van der Waals surface area contributed by atoms with E-state index in [2.05, 4.69) is 31.2 Å². The molecule has 3 aliphatic carbocycles. The Kier molecular flexibility index (Phi) is 3.58. The van der Waals surface area contributed by atoms with E-state index in [4.69, 9.17) is 0 Å². The van der Waals surface area contributed by atoms with Crippen LogP contribution >= 0.6 is 0 Å². The Morgan fingerprint density at radius 1 is 1.27 bits per heavy atom. The molecule has 1 aromatic rings. The highest BCUT2D eigenvalue weighted by molar-refractivity contribution is 7.79. The number of rotatable bonds is 2. The molecule has 0 heterocycles. The Balaban J connectivity index is 1.95. The number of allylic oxidation sites excluding steroid dienone is 2. The maximum atomic E-state index is 12.1. The Morgan fingerprint density at radius 2 is 2.09 bits per heavy atom. The van der Waals surface area contributed by atoms with Crippen LogP contribution in [0.4, 0.5) is 0 Å². The van der Waals surface area contributed by atoms with E-state index in [0.717, 1.165) is 42.4 Å². The van der Waals surface area contributed by atoms with Crippen molar-refractivity contribution >= 4 is 23.2 Å². The lowest BCUT2D eigenvalue weighted by atomic mass is 9.93. The van der Waals surface area contributed by atoms with Crippen LogP contribution in [0.5, 0.6) is 0 Å². The molecule has 4 rings (SSSR count). The topological polar surface area (TPSA) is 37.3 Å². The number of benzene rings is 1. The third-order valence-electron chi connectivity index (χ3n) is 5.17. The molecule has 0 aromatic heterocycles. The zero-order chi connectivity index (χ0) is 15.3. The van der Waals surface area contributed by atoms with Gasteiger partial charge in [0.05, 0.1) is 4.90 Å². The smallest absolute Gasteiger partial charge is 0.187 e. The second-order valence-electron chi connectivity index (χ2n) is 7.04. The molecule has 116 valence electrons. The second-order valence-corrected chi connectivity index (χ2v) is 7.95. The monoisotopic (exact) mass is 314 g/mol. The summed E-state index contributed by atoms with van der Waals surface area (Å²) in [6, 6.07) is 2.26. The fourth-order valence-corrected chi connectivity index (χ4v) is 4.76. The zero-order valence-electron chi connectivity index (χ0n) is 13.0. The predicted octanol–water partition coefficient (Wildman–Crippen LogP) is 4.60. The summed E-state index contributed by atoms with van der Waals surface area (Å²) in [4.78, 5) is 0.682. The van der Waals surface area contributed by atoms with Gasteiger partial charge < -0.3 is 4.55 Å². The maximum Gasteiger partial charge on any atom is 0.187 e. The molecule has 0 spiro atoms. The Hall–Kier alpha value is -1.19. The van der Waals surface area contributed by atoms with Crippen molar-refractivity contribution in [3.63, 3.8) is 0 Å². The van der Waals surface area contributed by atoms with Crippen LogP contribution in [0.3, 0.4) is 0 Å². The molecular weight excluding hydrogens is 292 g/mol. The van der Waals surface area contributed by atoms with Crippen molar-refractivity contribution in [2.45, 2.75) is 50.3 Å². The molecule has 2 nitrogen and oxygen atoms in total. The van der Waals surface area contributed by atoms with Crippen molar-refractivity contribution in [1.82, 2.24) is 0 Å². The molecule has 1 fully saturated rings. The van der Waals surface area contributed by atoms with E-state index in [1.54, 1.807) is 0 Å². The summed E-state index contributed by atoms with van der Waals surface area (Å²) in [6.45, 7) is 2.23. The highest BCUT2D eigenvalue weighted by Crippen LogP contribution is 2.43. The van der Waals surface area contributed by atoms with Gasteiger partial charge in [-0.15, -0.1) is 0 Å². The summed E-state index contributed by atoms with van der Waals surface area (Å²) in [5.41, 5.74) is 6.01. The zero-order valence-corrected chi connectivity index (χ0v) is 13.8. The van der Waals surface area contributed by atoms with Gasteiger partial charge in [-0.2, -0.15) is 0 Å². The van der Waals surface area contributed by atoms with Crippen molar-refractivity contribution < 1.29 is 8.76 Å². The largest absolute Gasteiger partial charge is 0.302 e. The number of fused-ring (bicyclic) bond motifs is 2. The fourth-order valence-electron chi connectivity index (χ4n) is 3.97. The van der Waals surface area contributed by atoms with Crippen LogP contribution in [-0.2, 0) is 23.9 Å². The number of hydrogen-bond acceptors (Lipinski definition) is 1. The van der Waals surface area contributed by atoms with E-state index in [9.17, 15) is 8.76 Å². The molecular formula is C19H22O2S. The molecule has 2 unspecified atom stereocenters. The molecule has 0 aliphatic heterocycles. The molecule has 0 saturated heterocycles. The van der Waals surface area contributed by atoms with Gasteiger partial charge in [-0.3, -0.25) is 0 Å². The Bertz CT molecular complexity index is 711. The first-order valence-electron chi connectivity index (χ1n) is 8.30. The minimum Gasteiger partial charge on any atom is -0.302 e. The lowest BCUT2D eigenvalue weighted by molar-refractivity contribution is 0.562. The van der Waals surface area contributed by atoms with Gasteiger partial charge in [0.15, 0.2) is 11.1 Å². The summed E-state index contributed by atoms with van der Waals surface area (Å²) in [6.07, 6.45) is 13.3. The van der Waals surface area contributed by atoms with E-state index in [-0.39, 0.29) is 0 Å². The Labute approximate surface area is 134 Å². The lowest BCUT2D eigenvalue weighted by Gasteiger charge is -2.16. The van der Waals surface area contributed by atoms with Crippen LogP contribution in [0.15, 0.2) is 22.6 Å². The standard InChI is InChI=1S/C19H22O2S/c1-12-8-16-10-15-5-3-2-4-14(13-6-7-13)11-18(15)19(22(20)21)17(16)9-12/h3,5,10-13H,2,4,6-9H2,1H3,(H,20,21)/b5-3?,14-11+. The highest BCUT2D eigenvalue weighted by Gasteiger charge is 2.29. The van der Waals surface area contributed by atoms with E-state index in [1.807, 2.05) is 0 Å². The van der Waals surface area contributed by atoms with Gasteiger partial charge in [0, 0.05) is 5.56 Å². The minimum absolute atomic E-state index is 0.571. The van der Waals surface area contributed by atoms with Gasteiger partial charge in [-0.05, 0) is 67.1 Å². The molecule has 0 bridgehead atoms. The van der Waals surface area contributed by atoms with Gasteiger partial charge in [0.2, 0.25) is 0 Å². The average molecular weight is 314 g/mol. The summed E-state index contributed by atoms with van der Waals surface area (Å²) in [5, 5.41) is 0. The minimum atomic E-state index is -1.91. The van der Waals surface area contributed by atoms with E-state index in [0.29, 0.717) is 16.7 Å². The molecule has 2 atom stereocenters. The van der Waals surface area contributed by atoms with Crippen LogP contribution in [0.1, 0.15) is 54.9 Å². The number of hydrogen-bond donors (Lipinski definition) is 1. The average Bonchev–Trinajstić information content (AvgIpc) is 3.20. The highest BCUT2D eigenvalue weighted by atomic mass is 32.2. The van der Waals surface area contributed by atoms with Crippen LogP contribution < -0.4 is 0 Å². The van der Waals surface area contributed by atoms with Crippen LogP contribution in [-0.4, -0.2) is 8.76 Å². The molecule has 3 aliphatic rings. The first kappa shape index (κ1) is 14.4. The van der Waals surface area contributed by atoms with Gasteiger partial charge in [0.25, 0.3) is 0 Å². The molecule has 0 amide bonds. The van der Waals surface area contributed by atoms with Crippen molar-refractivity contribution in [3.05, 3.63) is 40.0 Å². The summed E-state index contributed by atoms with van der Waals surface area (Å²) in [7, 11) is 0. The predicted molar refractivity (Wildman–Crippen MR) is 91.0 cm³/mol. The molecule has 3 heteroatoms. The van der Waals surface area contributed by atoms with Gasteiger partial charge in [-0.1, -0.05) is 36.8 Å². The third-order valence-corrected chi connectivity index (χ3v) is 5.99. The summed E-state index contributed by atoms with van der Waals surface area (Å²) < 4.78 is 22.0. The summed E-state index contributed by atoms with van der Waals surface area (Å²) >= 11 is -1.91. The Morgan fingerprint density at radius 3 is 2.82 bits per heavy atom. The molecule has 0 radical (unpaired) electrons. The van der Waals surface area contributed by atoms with Crippen molar-refractivity contribution in [3.8, 4) is 0 Å². The van der Waals surface area contributed by atoms with E-state index in [1.165, 1.54) is 24.0 Å². The van der Waals surface area contributed by atoms with Crippen molar-refractivity contribution in [2.75, 3.05) is 0 Å². The SMILES string of the molecule is CC1Cc2cc3c(c(S(=O)O)c2C1)/C=C(/C1CC1)CCC=C3. The van der Waals surface area contributed by atoms with E-state index >= 15 is 0 Å². The third kappa shape index (κ3) is 2.50. The molecule has 1 saturated carbocycles.